The van der Waals surface area contributed by atoms with Crippen molar-refractivity contribution in [1.82, 2.24) is 0 Å². The fourth-order valence-electron chi connectivity index (χ4n) is 1.80. The van der Waals surface area contributed by atoms with Crippen molar-refractivity contribution in [3.63, 3.8) is 0 Å². The van der Waals surface area contributed by atoms with Crippen molar-refractivity contribution in [3.8, 4) is 0 Å². The van der Waals surface area contributed by atoms with Crippen molar-refractivity contribution in [2.24, 2.45) is 5.92 Å². The van der Waals surface area contributed by atoms with Crippen LogP contribution in [-0.2, 0) is 24.0 Å². The smallest absolute Gasteiger partial charge is 0.311 e. The molecule has 25 heavy (non-hydrogen) atoms. The van der Waals surface area contributed by atoms with Gasteiger partial charge in [-0.05, 0) is 25.7 Å². The van der Waals surface area contributed by atoms with Gasteiger partial charge in [0.25, 0.3) is 10.2 Å². The zero-order valence-corrected chi connectivity index (χ0v) is 13.7. The van der Waals surface area contributed by atoms with Crippen molar-refractivity contribution in [2.75, 3.05) is 26.4 Å². The van der Waals surface area contributed by atoms with E-state index in [4.69, 9.17) is 4.74 Å². The topological polar surface area (TPSA) is 168 Å². The summed E-state index contributed by atoms with van der Waals surface area (Å²) >= 11 is 0. The summed E-state index contributed by atoms with van der Waals surface area (Å²) in [6, 6.07) is 0. The summed E-state index contributed by atoms with van der Waals surface area (Å²) in [7, 11) is 0. The Bertz CT molecular complexity index is 443. The van der Waals surface area contributed by atoms with E-state index in [1.807, 2.05) is 0 Å². The molecule has 0 radical (unpaired) electrons. The molecule has 0 rings (SSSR count). The second kappa shape index (κ2) is 13.9. The molecule has 0 aromatic heterocycles. The highest BCUT2D eigenvalue weighted by atomic mass is 17.0. The third-order valence-electron chi connectivity index (χ3n) is 3.05. The Labute approximate surface area is 143 Å². The number of hydrogen-bond acceptors (Lipinski definition) is 10. The van der Waals surface area contributed by atoms with E-state index in [2.05, 4.69) is 9.68 Å². The van der Waals surface area contributed by atoms with Crippen molar-refractivity contribution in [1.29, 1.82) is 0 Å². The minimum absolute atomic E-state index is 0.00281. The van der Waals surface area contributed by atoms with Crippen LogP contribution in [0.25, 0.3) is 0 Å². The standard InChI is InChI=1S/C13H22N2O10/c16-10-11(9-12(17)5-1-2-7-24-14(19)20)13(18)23-6-3-4-8-25-15(21)22/h11,16H,1-10H2. The van der Waals surface area contributed by atoms with E-state index in [9.17, 15) is 34.9 Å². The van der Waals surface area contributed by atoms with Crippen LogP contribution < -0.4 is 0 Å². The highest BCUT2D eigenvalue weighted by molar-refractivity contribution is 5.84. The first-order valence-electron chi connectivity index (χ1n) is 7.70. The van der Waals surface area contributed by atoms with Gasteiger partial charge >= 0.3 is 5.97 Å². The highest BCUT2D eigenvalue weighted by Crippen LogP contribution is 2.10. The molecule has 144 valence electrons. The van der Waals surface area contributed by atoms with Crippen molar-refractivity contribution in [2.45, 2.75) is 38.5 Å². The van der Waals surface area contributed by atoms with Crippen LogP contribution >= 0.6 is 0 Å². The van der Waals surface area contributed by atoms with Gasteiger partial charge in [-0.2, -0.15) is 0 Å². The summed E-state index contributed by atoms with van der Waals surface area (Å²) in [4.78, 5) is 51.5. The molecule has 0 aromatic rings. The summed E-state index contributed by atoms with van der Waals surface area (Å²) in [6.07, 6.45) is 1.30. The van der Waals surface area contributed by atoms with Crippen LogP contribution in [-0.4, -0.2) is 53.5 Å². The molecule has 0 aliphatic heterocycles. The molecule has 1 unspecified atom stereocenters. The average Bonchev–Trinajstić information content (AvgIpc) is 2.54. The molecule has 0 aliphatic carbocycles. The molecule has 1 N–H and O–H groups in total. The second-order valence-corrected chi connectivity index (χ2v) is 5.07. The van der Waals surface area contributed by atoms with Crippen molar-refractivity contribution < 1.29 is 39.3 Å². The maximum Gasteiger partial charge on any atom is 0.311 e. The van der Waals surface area contributed by atoms with Gasteiger partial charge in [-0.25, -0.2) is 0 Å². The van der Waals surface area contributed by atoms with Gasteiger partial charge in [0, 0.05) is 12.8 Å². The highest BCUT2D eigenvalue weighted by Gasteiger charge is 2.22. The SMILES string of the molecule is O=C(CCCCO[N+](=O)[O-])CC(CO)C(=O)OCCCCO[N+](=O)[O-]. The van der Waals surface area contributed by atoms with E-state index in [0.717, 1.165) is 0 Å². The average molecular weight is 366 g/mol. The molecule has 0 aromatic carbocycles. The first-order chi connectivity index (χ1) is 11.9. The first-order valence-corrected chi connectivity index (χ1v) is 7.70. The largest absolute Gasteiger partial charge is 0.465 e. The van der Waals surface area contributed by atoms with Crippen molar-refractivity contribution in [3.05, 3.63) is 20.2 Å². The Hall–Kier alpha value is -2.50. The summed E-state index contributed by atoms with van der Waals surface area (Å²) in [5, 5.41) is 27.2. The fraction of sp³-hybridized carbons (Fsp3) is 0.846. The lowest BCUT2D eigenvalue weighted by Crippen LogP contribution is -2.24. The van der Waals surface area contributed by atoms with Crippen LogP contribution in [0.1, 0.15) is 38.5 Å². The summed E-state index contributed by atoms with van der Waals surface area (Å²) in [5.41, 5.74) is 0. The number of unbranched alkanes of at least 4 members (excludes halogenated alkanes) is 2. The predicted octanol–water partition coefficient (Wildman–Crippen LogP) is 0.464. The van der Waals surface area contributed by atoms with Gasteiger partial charge in [-0.3, -0.25) is 9.59 Å². The zero-order chi connectivity index (χ0) is 19.1. The van der Waals surface area contributed by atoms with E-state index >= 15 is 0 Å². The van der Waals surface area contributed by atoms with E-state index in [1.54, 1.807) is 0 Å². The van der Waals surface area contributed by atoms with Crippen LogP contribution in [0.2, 0.25) is 0 Å². The summed E-state index contributed by atoms with van der Waals surface area (Å²) in [6.45, 7) is -0.749. The number of Topliss-reactive ketones (excluding diaryl/α,β-unsaturated/α-hetero) is 1. The van der Waals surface area contributed by atoms with Crippen LogP contribution in [0.4, 0.5) is 0 Å². The van der Waals surface area contributed by atoms with Gasteiger partial charge in [0.05, 0.1) is 32.3 Å². The normalized spacial score (nSPS) is 11.4. The van der Waals surface area contributed by atoms with Gasteiger partial charge in [-0.15, -0.1) is 20.2 Å². The predicted molar refractivity (Wildman–Crippen MR) is 80.1 cm³/mol. The van der Waals surface area contributed by atoms with E-state index in [0.29, 0.717) is 25.7 Å². The number of ether oxygens (including phenoxy) is 1. The number of aliphatic hydroxyl groups excluding tert-OH is 1. The lowest BCUT2D eigenvalue weighted by atomic mass is 10.0. The molecule has 0 saturated heterocycles. The van der Waals surface area contributed by atoms with Crippen LogP contribution in [0.3, 0.4) is 0 Å². The zero-order valence-electron chi connectivity index (χ0n) is 13.7. The molecule has 12 heteroatoms. The molecule has 1 atom stereocenters. The number of rotatable bonds is 16. The van der Waals surface area contributed by atoms with Gasteiger partial charge < -0.3 is 19.5 Å². The Morgan fingerprint density at radius 3 is 1.96 bits per heavy atom. The third-order valence-corrected chi connectivity index (χ3v) is 3.05. The minimum atomic E-state index is -0.974. The van der Waals surface area contributed by atoms with Crippen LogP contribution in [0.5, 0.6) is 0 Å². The molecule has 0 saturated carbocycles. The molecular formula is C13H22N2O10. The van der Waals surface area contributed by atoms with Gasteiger partial charge in [0.1, 0.15) is 5.78 Å². The number of carbonyl (C=O) groups is 2. The summed E-state index contributed by atoms with van der Waals surface area (Å²) in [5.74, 6) is -1.96. The lowest BCUT2D eigenvalue weighted by molar-refractivity contribution is -0.757. The molecule has 0 amide bonds. The number of nitrogens with zero attached hydrogens (tertiary/aromatic N) is 2. The van der Waals surface area contributed by atoms with Gasteiger partial charge in [0.2, 0.25) is 0 Å². The number of carbonyl (C=O) groups excluding carboxylic acids is 2. The maximum atomic E-state index is 11.7. The van der Waals surface area contributed by atoms with Crippen LogP contribution in [0.15, 0.2) is 0 Å². The number of hydrogen-bond donors (Lipinski definition) is 1. The van der Waals surface area contributed by atoms with Crippen LogP contribution in [0, 0.1) is 26.1 Å². The molecule has 0 bridgehead atoms. The molecule has 0 heterocycles. The minimum Gasteiger partial charge on any atom is -0.465 e. The first kappa shape index (κ1) is 22.5. The fourth-order valence-corrected chi connectivity index (χ4v) is 1.80. The molecule has 0 fully saturated rings. The Kier molecular flexibility index (Phi) is 12.5. The van der Waals surface area contributed by atoms with Gasteiger partial charge in [0.15, 0.2) is 0 Å². The maximum absolute atomic E-state index is 11.7. The molecular weight excluding hydrogens is 344 g/mol. The summed E-state index contributed by atoms with van der Waals surface area (Å²) < 4.78 is 4.90. The number of aliphatic hydroxyl groups is 1. The van der Waals surface area contributed by atoms with Crippen molar-refractivity contribution >= 4 is 11.8 Å². The molecule has 0 aliphatic rings. The van der Waals surface area contributed by atoms with E-state index in [-0.39, 0.29) is 38.4 Å². The molecule has 12 nitrogen and oxygen atoms in total. The Balaban J connectivity index is 3.86. The molecule has 0 spiro atoms. The van der Waals surface area contributed by atoms with E-state index in [1.165, 1.54) is 0 Å². The van der Waals surface area contributed by atoms with Gasteiger partial charge in [-0.1, -0.05) is 0 Å². The third kappa shape index (κ3) is 13.6. The Morgan fingerprint density at radius 1 is 0.920 bits per heavy atom. The second-order valence-electron chi connectivity index (χ2n) is 5.07. The monoisotopic (exact) mass is 366 g/mol. The quantitative estimate of drug-likeness (QED) is 0.175. The lowest BCUT2D eigenvalue weighted by Gasteiger charge is -2.13. The number of esters is 1. The van der Waals surface area contributed by atoms with E-state index < -0.39 is 28.7 Å². The number of ketones is 1. The Morgan fingerprint density at radius 2 is 1.44 bits per heavy atom.